The number of benzene rings is 1. The van der Waals surface area contributed by atoms with Crippen molar-refractivity contribution in [3.63, 3.8) is 0 Å². The molecule has 0 aliphatic rings. The maximum atomic E-state index is 12.7. The fourth-order valence-corrected chi connectivity index (χ4v) is 1.78. The number of halogens is 2. The molecule has 1 rings (SSSR count). The molecule has 1 atom stereocenters. The second-order valence-corrected chi connectivity index (χ2v) is 4.53. The van der Waals surface area contributed by atoms with E-state index in [1.807, 2.05) is 6.92 Å². The summed E-state index contributed by atoms with van der Waals surface area (Å²) in [7, 11) is 1.75. The minimum Gasteiger partial charge on any atom is -0.344 e. The van der Waals surface area contributed by atoms with Crippen LogP contribution < -0.4 is 5.73 Å². The lowest BCUT2D eigenvalue weighted by Gasteiger charge is -2.21. The van der Waals surface area contributed by atoms with Gasteiger partial charge in [-0.15, -0.1) is 12.4 Å². The zero-order valence-corrected chi connectivity index (χ0v) is 12.3. The highest BCUT2D eigenvalue weighted by atomic mass is 35.5. The van der Waals surface area contributed by atoms with Gasteiger partial charge in [-0.05, 0) is 30.5 Å². The lowest BCUT2D eigenvalue weighted by molar-refractivity contribution is -0.131. The van der Waals surface area contributed by atoms with Crippen molar-refractivity contribution in [3.8, 4) is 0 Å². The SMILES string of the molecule is CCCC(N)C(=O)N(C)CCc1ccc(F)cc1.Cl. The Bertz CT molecular complexity index is 384. The molecule has 2 N–H and O–H groups in total. The first-order valence-electron chi connectivity index (χ1n) is 6.29. The second-order valence-electron chi connectivity index (χ2n) is 4.53. The van der Waals surface area contributed by atoms with Gasteiger partial charge in [-0.3, -0.25) is 4.79 Å². The molecule has 3 nitrogen and oxygen atoms in total. The fraction of sp³-hybridized carbons (Fsp3) is 0.500. The van der Waals surface area contributed by atoms with E-state index < -0.39 is 6.04 Å². The molecule has 0 bridgehead atoms. The van der Waals surface area contributed by atoms with Crippen LogP contribution in [0.1, 0.15) is 25.3 Å². The molecule has 0 fully saturated rings. The molecule has 0 spiro atoms. The molecule has 1 amide bonds. The third-order valence-corrected chi connectivity index (χ3v) is 2.94. The Hall–Kier alpha value is -1.13. The summed E-state index contributed by atoms with van der Waals surface area (Å²) >= 11 is 0. The van der Waals surface area contributed by atoms with E-state index in [0.717, 1.165) is 12.0 Å². The normalized spacial score (nSPS) is 11.6. The van der Waals surface area contributed by atoms with Crippen molar-refractivity contribution in [1.82, 2.24) is 4.90 Å². The number of carbonyl (C=O) groups excluding carboxylic acids is 1. The third-order valence-electron chi connectivity index (χ3n) is 2.94. The van der Waals surface area contributed by atoms with Gasteiger partial charge in [-0.2, -0.15) is 0 Å². The minimum absolute atomic E-state index is 0. The Labute approximate surface area is 120 Å². The Morgan fingerprint density at radius 2 is 1.95 bits per heavy atom. The van der Waals surface area contributed by atoms with Crippen LogP contribution in [0, 0.1) is 5.82 Å². The molecule has 0 radical (unpaired) electrons. The van der Waals surface area contributed by atoms with Crippen LogP contribution >= 0.6 is 12.4 Å². The second kappa shape index (κ2) is 8.88. The van der Waals surface area contributed by atoms with Gasteiger partial charge in [-0.1, -0.05) is 25.5 Å². The molecule has 1 aromatic carbocycles. The zero-order chi connectivity index (χ0) is 13.5. The van der Waals surface area contributed by atoms with E-state index in [-0.39, 0.29) is 24.1 Å². The van der Waals surface area contributed by atoms with Gasteiger partial charge >= 0.3 is 0 Å². The predicted octanol–water partition coefficient (Wildman–Crippen LogP) is 2.38. The number of hydrogen-bond acceptors (Lipinski definition) is 2. The predicted molar refractivity (Wildman–Crippen MR) is 77.9 cm³/mol. The van der Waals surface area contributed by atoms with E-state index in [9.17, 15) is 9.18 Å². The highest BCUT2D eigenvalue weighted by Gasteiger charge is 2.16. The van der Waals surface area contributed by atoms with E-state index in [4.69, 9.17) is 5.73 Å². The van der Waals surface area contributed by atoms with Crippen LogP contribution in [0.4, 0.5) is 4.39 Å². The summed E-state index contributed by atoms with van der Waals surface area (Å²) in [4.78, 5) is 13.5. The largest absolute Gasteiger partial charge is 0.344 e. The molecule has 0 saturated heterocycles. The quantitative estimate of drug-likeness (QED) is 0.873. The summed E-state index contributed by atoms with van der Waals surface area (Å²) in [6, 6.07) is 5.92. The highest BCUT2D eigenvalue weighted by molar-refractivity contribution is 5.85. The summed E-state index contributed by atoms with van der Waals surface area (Å²) in [5, 5.41) is 0. The average Bonchev–Trinajstić information content (AvgIpc) is 2.37. The van der Waals surface area contributed by atoms with Gasteiger partial charge in [0.05, 0.1) is 6.04 Å². The van der Waals surface area contributed by atoms with Gasteiger partial charge in [0, 0.05) is 13.6 Å². The first-order chi connectivity index (χ1) is 8.54. The third kappa shape index (κ3) is 6.03. The van der Waals surface area contributed by atoms with Gasteiger partial charge < -0.3 is 10.6 Å². The lowest BCUT2D eigenvalue weighted by Crippen LogP contribution is -2.42. The van der Waals surface area contributed by atoms with E-state index in [0.29, 0.717) is 19.4 Å². The molecule has 1 aromatic rings. The lowest BCUT2D eigenvalue weighted by atomic mass is 10.1. The molecule has 0 aliphatic carbocycles. The highest BCUT2D eigenvalue weighted by Crippen LogP contribution is 2.05. The van der Waals surface area contributed by atoms with Crippen LogP contribution in [0.5, 0.6) is 0 Å². The Kier molecular flexibility index (Phi) is 8.35. The Balaban J connectivity index is 0.00000324. The van der Waals surface area contributed by atoms with Gasteiger partial charge in [0.2, 0.25) is 5.91 Å². The van der Waals surface area contributed by atoms with Gasteiger partial charge in [0.25, 0.3) is 0 Å². The minimum atomic E-state index is -0.409. The summed E-state index contributed by atoms with van der Waals surface area (Å²) in [6.45, 7) is 2.60. The van der Waals surface area contributed by atoms with Crippen molar-refractivity contribution < 1.29 is 9.18 Å². The standard InChI is InChI=1S/C14H21FN2O.ClH/c1-3-4-13(16)14(18)17(2)10-9-11-5-7-12(15)8-6-11;/h5-8,13H,3-4,9-10,16H2,1-2H3;1H. The van der Waals surface area contributed by atoms with Crippen molar-refractivity contribution in [2.75, 3.05) is 13.6 Å². The summed E-state index contributed by atoms with van der Waals surface area (Å²) in [5.74, 6) is -0.271. The number of amides is 1. The molecule has 0 aliphatic heterocycles. The number of hydrogen-bond donors (Lipinski definition) is 1. The van der Waals surface area contributed by atoms with E-state index in [2.05, 4.69) is 0 Å². The molecule has 5 heteroatoms. The molecular formula is C14H22ClFN2O. The van der Waals surface area contributed by atoms with Crippen LogP contribution in [-0.2, 0) is 11.2 Å². The first-order valence-corrected chi connectivity index (χ1v) is 6.29. The van der Waals surface area contributed by atoms with Crippen LogP contribution in [0.2, 0.25) is 0 Å². The molecule has 1 unspecified atom stereocenters. The summed E-state index contributed by atoms with van der Waals surface area (Å²) < 4.78 is 12.7. The van der Waals surface area contributed by atoms with Gasteiger partial charge in [-0.25, -0.2) is 4.39 Å². The van der Waals surface area contributed by atoms with Crippen molar-refractivity contribution in [1.29, 1.82) is 0 Å². The molecular weight excluding hydrogens is 267 g/mol. The average molecular weight is 289 g/mol. The monoisotopic (exact) mass is 288 g/mol. The molecule has 108 valence electrons. The first kappa shape index (κ1) is 17.9. The maximum Gasteiger partial charge on any atom is 0.239 e. The Morgan fingerprint density at radius 1 is 1.37 bits per heavy atom. The molecule has 0 aromatic heterocycles. The van der Waals surface area contributed by atoms with Gasteiger partial charge in [0.15, 0.2) is 0 Å². The number of nitrogens with zero attached hydrogens (tertiary/aromatic N) is 1. The van der Waals surface area contributed by atoms with Crippen LogP contribution in [0.15, 0.2) is 24.3 Å². The van der Waals surface area contributed by atoms with Crippen molar-refractivity contribution in [2.45, 2.75) is 32.2 Å². The molecule has 0 heterocycles. The van der Waals surface area contributed by atoms with Crippen LogP contribution in [0.3, 0.4) is 0 Å². The van der Waals surface area contributed by atoms with Crippen molar-refractivity contribution >= 4 is 18.3 Å². The number of likely N-dealkylation sites (N-methyl/N-ethyl adjacent to an activating group) is 1. The van der Waals surface area contributed by atoms with E-state index in [1.165, 1.54) is 12.1 Å². The number of rotatable bonds is 6. The van der Waals surface area contributed by atoms with Crippen LogP contribution in [0.25, 0.3) is 0 Å². The van der Waals surface area contributed by atoms with Crippen molar-refractivity contribution in [2.24, 2.45) is 5.73 Å². The van der Waals surface area contributed by atoms with Crippen molar-refractivity contribution in [3.05, 3.63) is 35.6 Å². The van der Waals surface area contributed by atoms with E-state index >= 15 is 0 Å². The summed E-state index contributed by atoms with van der Waals surface area (Å²) in [5.41, 5.74) is 6.79. The fourth-order valence-electron chi connectivity index (χ4n) is 1.78. The topological polar surface area (TPSA) is 46.3 Å². The number of carbonyl (C=O) groups is 1. The van der Waals surface area contributed by atoms with E-state index in [1.54, 1.807) is 24.1 Å². The number of nitrogens with two attached hydrogens (primary N) is 1. The van der Waals surface area contributed by atoms with Crippen LogP contribution in [-0.4, -0.2) is 30.4 Å². The summed E-state index contributed by atoms with van der Waals surface area (Å²) in [6.07, 6.45) is 2.32. The zero-order valence-electron chi connectivity index (χ0n) is 11.4. The van der Waals surface area contributed by atoms with Gasteiger partial charge in [0.1, 0.15) is 5.82 Å². The molecule has 0 saturated carbocycles. The smallest absolute Gasteiger partial charge is 0.239 e. The Morgan fingerprint density at radius 3 is 2.47 bits per heavy atom. The maximum absolute atomic E-state index is 12.7. The molecule has 19 heavy (non-hydrogen) atoms.